The van der Waals surface area contributed by atoms with Gasteiger partial charge in [-0.3, -0.25) is 0 Å². The van der Waals surface area contributed by atoms with Crippen molar-refractivity contribution in [3.8, 4) is 0 Å². The molecule has 0 saturated carbocycles. The van der Waals surface area contributed by atoms with Crippen LogP contribution in [0.15, 0.2) is 46.9 Å². The third-order valence-electron chi connectivity index (χ3n) is 2.80. The third-order valence-corrected chi connectivity index (χ3v) is 3.41. The van der Waals surface area contributed by atoms with Crippen molar-refractivity contribution < 1.29 is 13.9 Å². The van der Waals surface area contributed by atoms with E-state index >= 15 is 0 Å². The van der Waals surface area contributed by atoms with Crippen LogP contribution in [-0.2, 0) is 11.3 Å². The molecule has 2 aromatic carbocycles. The molecule has 1 N–H and O–H groups in total. The lowest BCUT2D eigenvalue weighted by atomic mass is 10.1. The SMILES string of the molecule is COC(=O)c1ccccc1NCc1ccc(F)c(Br)c1. The molecular weight excluding hydrogens is 325 g/mol. The van der Waals surface area contributed by atoms with Crippen LogP contribution >= 0.6 is 15.9 Å². The maximum Gasteiger partial charge on any atom is 0.339 e. The van der Waals surface area contributed by atoms with Gasteiger partial charge in [0, 0.05) is 12.2 Å². The van der Waals surface area contributed by atoms with Gasteiger partial charge in [-0.1, -0.05) is 18.2 Å². The van der Waals surface area contributed by atoms with Gasteiger partial charge in [-0.05, 0) is 45.8 Å². The van der Waals surface area contributed by atoms with E-state index in [2.05, 4.69) is 21.2 Å². The number of anilines is 1. The van der Waals surface area contributed by atoms with E-state index in [0.29, 0.717) is 22.3 Å². The highest BCUT2D eigenvalue weighted by Gasteiger charge is 2.10. The molecule has 0 fully saturated rings. The van der Waals surface area contributed by atoms with Gasteiger partial charge in [0.05, 0.1) is 17.1 Å². The summed E-state index contributed by atoms with van der Waals surface area (Å²) in [7, 11) is 1.34. The molecule has 0 radical (unpaired) electrons. The van der Waals surface area contributed by atoms with Crippen LogP contribution in [-0.4, -0.2) is 13.1 Å². The Hall–Kier alpha value is -1.88. The van der Waals surface area contributed by atoms with Gasteiger partial charge in [0.1, 0.15) is 5.82 Å². The average molecular weight is 338 g/mol. The van der Waals surface area contributed by atoms with E-state index in [-0.39, 0.29) is 5.82 Å². The molecule has 104 valence electrons. The summed E-state index contributed by atoms with van der Waals surface area (Å²) >= 11 is 3.14. The van der Waals surface area contributed by atoms with Gasteiger partial charge in [0.15, 0.2) is 0 Å². The number of halogens is 2. The van der Waals surface area contributed by atoms with Gasteiger partial charge < -0.3 is 10.1 Å². The van der Waals surface area contributed by atoms with Crippen molar-refractivity contribution in [3.63, 3.8) is 0 Å². The minimum absolute atomic E-state index is 0.302. The molecule has 0 saturated heterocycles. The molecule has 0 amide bonds. The number of hydrogen-bond acceptors (Lipinski definition) is 3. The first-order chi connectivity index (χ1) is 9.61. The van der Waals surface area contributed by atoms with Crippen LogP contribution in [0.1, 0.15) is 15.9 Å². The summed E-state index contributed by atoms with van der Waals surface area (Å²) in [5.41, 5.74) is 2.05. The maximum absolute atomic E-state index is 13.1. The number of para-hydroxylation sites is 1. The normalized spacial score (nSPS) is 10.2. The number of carbonyl (C=O) groups is 1. The zero-order valence-corrected chi connectivity index (χ0v) is 12.4. The van der Waals surface area contributed by atoms with Gasteiger partial charge in [-0.2, -0.15) is 0 Å². The summed E-state index contributed by atoms with van der Waals surface area (Å²) in [5, 5.41) is 3.15. The summed E-state index contributed by atoms with van der Waals surface area (Å²) in [6.07, 6.45) is 0. The molecule has 2 aromatic rings. The third kappa shape index (κ3) is 3.36. The monoisotopic (exact) mass is 337 g/mol. The van der Waals surface area contributed by atoms with Crippen LogP contribution in [0.25, 0.3) is 0 Å². The molecule has 0 aliphatic rings. The predicted molar refractivity (Wildman–Crippen MR) is 79.2 cm³/mol. The number of benzene rings is 2. The summed E-state index contributed by atoms with van der Waals surface area (Å²) in [6.45, 7) is 0.479. The van der Waals surface area contributed by atoms with Crippen LogP contribution in [0, 0.1) is 5.82 Å². The second-order valence-corrected chi connectivity index (χ2v) is 4.99. The fourth-order valence-electron chi connectivity index (χ4n) is 1.77. The Labute approximate surface area is 124 Å². The van der Waals surface area contributed by atoms with E-state index in [9.17, 15) is 9.18 Å². The molecule has 0 unspecified atom stereocenters. The van der Waals surface area contributed by atoms with E-state index in [1.807, 2.05) is 6.07 Å². The smallest absolute Gasteiger partial charge is 0.339 e. The summed E-state index contributed by atoms with van der Waals surface area (Å²) in [6, 6.07) is 11.9. The van der Waals surface area contributed by atoms with Crippen molar-refractivity contribution in [2.75, 3.05) is 12.4 Å². The van der Waals surface area contributed by atoms with Gasteiger partial charge >= 0.3 is 5.97 Å². The molecule has 0 aromatic heterocycles. The zero-order chi connectivity index (χ0) is 14.5. The number of methoxy groups -OCH3 is 1. The fourth-order valence-corrected chi connectivity index (χ4v) is 2.20. The average Bonchev–Trinajstić information content (AvgIpc) is 2.48. The van der Waals surface area contributed by atoms with Crippen molar-refractivity contribution in [2.45, 2.75) is 6.54 Å². The highest BCUT2D eigenvalue weighted by molar-refractivity contribution is 9.10. The Balaban J connectivity index is 2.14. The minimum atomic E-state index is -0.395. The molecule has 2 rings (SSSR count). The van der Waals surface area contributed by atoms with Crippen molar-refractivity contribution in [1.82, 2.24) is 0 Å². The van der Waals surface area contributed by atoms with Crippen LogP contribution in [0.4, 0.5) is 10.1 Å². The van der Waals surface area contributed by atoms with Gasteiger partial charge in [0.2, 0.25) is 0 Å². The second kappa shape index (κ2) is 6.52. The molecule has 0 atom stereocenters. The lowest BCUT2D eigenvalue weighted by molar-refractivity contribution is 0.0602. The van der Waals surface area contributed by atoms with Gasteiger partial charge in [0.25, 0.3) is 0 Å². The fraction of sp³-hybridized carbons (Fsp3) is 0.133. The van der Waals surface area contributed by atoms with E-state index in [1.54, 1.807) is 30.3 Å². The Morgan fingerprint density at radius 2 is 2.05 bits per heavy atom. The molecule has 0 aliphatic heterocycles. The summed E-state index contributed by atoms with van der Waals surface area (Å²) in [4.78, 5) is 11.6. The maximum atomic E-state index is 13.1. The van der Waals surface area contributed by atoms with Crippen LogP contribution in [0.3, 0.4) is 0 Å². The molecule has 20 heavy (non-hydrogen) atoms. The first-order valence-electron chi connectivity index (χ1n) is 5.97. The van der Waals surface area contributed by atoms with E-state index < -0.39 is 5.97 Å². The van der Waals surface area contributed by atoms with Crippen molar-refractivity contribution in [1.29, 1.82) is 0 Å². The van der Waals surface area contributed by atoms with Crippen molar-refractivity contribution in [2.24, 2.45) is 0 Å². The Bertz CT molecular complexity index is 631. The zero-order valence-electron chi connectivity index (χ0n) is 10.8. The van der Waals surface area contributed by atoms with Crippen LogP contribution in [0.2, 0.25) is 0 Å². The molecule has 3 nitrogen and oxygen atoms in total. The van der Waals surface area contributed by atoms with E-state index in [1.165, 1.54) is 13.2 Å². The van der Waals surface area contributed by atoms with Crippen molar-refractivity contribution >= 4 is 27.6 Å². The summed E-state index contributed by atoms with van der Waals surface area (Å²) < 4.78 is 18.3. The highest BCUT2D eigenvalue weighted by Crippen LogP contribution is 2.20. The van der Waals surface area contributed by atoms with Gasteiger partial charge in [-0.25, -0.2) is 9.18 Å². The molecule has 5 heteroatoms. The number of hydrogen-bond donors (Lipinski definition) is 1. The van der Waals surface area contributed by atoms with Crippen LogP contribution < -0.4 is 5.32 Å². The molecule has 0 aliphatic carbocycles. The lowest BCUT2D eigenvalue weighted by Crippen LogP contribution is -2.08. The molecule has 0 spiro atoms. The highest BCUT2D eigenvalue weighted by atomic mass is 79.9. The first kappa shape index (κ1) is 14.5. The number of esters is 1. The van der Waals surface area contributed by atoms with Crippen molar-refractivity contribution in [3.05, 3.63) is 63.9 Å². The number of nitrogens with one attached hydrogen (secondary N) is 1. The van der Waals surface area contributed by atoms with E-state index in [4.69, 9.17) is 4.74 Å². The Morgan fingerprint density at radius 3 is 2.75 bits per heavy atom. The first-order valence-corrected chi connectivity index (χ1v) is 6.76. The predicted octanol–water partition coefficient (Wildman–Crippen LogP) is 3.99. The van der Waals surface area contributed by atoms with Gasteiger partial charge in [-0.15, -0.1) is 0 Å². The standard InChI is InChI=1S/C15H13BrFNO2/c1-20-15(19)11-4-2-3-5-14(11)18-9-10-6-7-13(17)12(16)8-10/h2-8,18H,9H2,1H3. The number of carbonyl (C=O) groups excluding carboxylic acids is 1. The quantitative estimate of drug-likeness (QED) is 0.857. The topological polar surface area (TPSA) is 38.3 Å². The molecule has 0 bridgehead atoms. The Kier molecular flexibility index (Phi) is 4.74. The lowest BCUT2D eigenvalue weighted by Gasteiger charge is -2.11. The number of rotatable bonds is 4. The second-order valence-electron chi connectivity index (χ2n) is 4.14. The Morgan fingerprint density at radius 1 is 1.30 bits per heavy atom. The van der Waals surface area contributed by atoms with Crippen LogP contribution in [0.5, 0.6) is 0 Å². The summed E-state index contributed by atoms with van der Waals surface area (Å²) in [5.74, 6) is -0.697. The molecular formula is C15H13BrFNO2. The largest absolute Gasteiger partial charge is 0.465 e. The minimum Gasteiger partial charge on any atom is -0.465 e. The van der Waals surface area contributed by atoms with E-state index in [0.717, 1.165) is 5.56 Å². The molecule has 0 heterocycles. The number of ether oxygens (including phenoxy) is 1.